The molecule has 0 amide bonds. The number of likely N-dealkylation sites (tertiary alicyclic amines) is 1. The molecule has 0 aliphatic carbocycles. The lowest BCUT2D eigenvalue weighted by Gasteiger charge is -2.27. The lowest BCUT2D eigenvalue weighted by atomic mass is 9.90. The maximum atomic E-state index is 12.4. The van der Waals surface area contributed by atoms with Gasteiger partial charge in [-0.3, -0.25) is 4.90 Å². The van der Waals surface area contributed by atoms with Gasteiger partial charge in [0.05, 0.1) is 18.8 Å². The Morgan fingerprint density at radius 3 is 2.70 bits per heavy atom. The molecule has 0 spiro atoms. The molecule has 0 bridgehead atoms. The van der Waals surface area contributed by atoms with Crippen molar-refractivity contribution in [1.29, 1.82) is 0 Å². The first-order chi connectivity index (χ1) is 13.0. The number of rotatable bonds is 6. The zero-order valence-electron chi connectivity index (χ0n) is 15.5. The van der Waals surface area contributed by atoms with Crippen molar-refractivity contribution >= 4 is 10.0 Å². The summed E-state index contributed by atoms with van der Waals surface area (Å²) in [5.74, 6) is 1.66. The highest BCUT2D eigenvalue weighted by molar-refractivity contribution is 7.88. The van der Waals surface area contributed by atoms with Crippen LogP contribution in [0.1, 0.15) is 23.3 Å². The molecule has 1 aromatic heterocycles. The van der Waals surface area contributed by atoms with Crippen molar-refractivity contribution in [3.63, 3.8) is 0 Å². The zero-order valence-corrected chi connectivity index (χ0v) is 16.3. The molecule has 2 saturated heterocycles. The van der Waals surface area contributed by atoms with Crippen molar-refractivity contribution < 1.29 is 17.7 Å². The van der Waals surface area contributed by atoms with E-state index >= 15 is 0 Å². The van der Waals surface area contributed by atoms with Crippen LogP contribution in [0.2, 0.25) is 0 Å². The van der Waals surface area contributed by atoms with Gasteiger partial charge >= 0.3 is 0 Å². The number of hydrogen-bond acceptors (Lipinski definition) is 7. The fourth-order valence-electron chi connectivity index (χ4n) is 4.37. The second-order valence-corrected chi connectivity index (χ2v) is 9.28. The number of nitrogens with zero attached hydrogens (tertiary/aromatic N) is 4. The van der Waals surface area contributed by atoms with E-state index in [0.717, 1.165) is 18.7 Å². The van der Waals surface area contributed by atoms with Gasteiger partial charge in [0.15, 0.2) is 5.82 Å². The molecule has 8 nitrogen and oxygen atoms in total. The van der Waals surface area contributed by atoms with Crippen molar-refractivity contribution in [2.45, 2.75) is 19.2 Å². The van der Waals surface area contributed by atoms with Gasteiger partial charge in [-0.05, 0) is 17.4 Å². The van der Waals surface area contributed by atoms with E-state index in [0.29, 0.717) is 37.3 Å². The lowest BCUT2D eigenvalue weighted by Crippen LogP contribution is -2.35. The molecule has 2 aliphatic heterocycles. The van der Waals surface area contributed by atoms with Gasteiger partial charge in [0, 0.05) is 26.7 Å². The molecule has 1 aromatic carbocycles. The summed E-state index contributed by atoms with van der Waals surface area (Å²) in [6.07, 6.45) is 1.30. The van der Waals surface area contributed by atoms with Crippen molar-refractivity contribution in [2.24, 2.45) is 11.8 Å². The molecule has 4 rings (SSSR count). The highest BCUT2D eigenvalue weighted by Crippen LogP contribution is 2.46. The summed E-state index contributed by atoms with van der Waals surface area (Å²) in [4.78, 5) is 6.61. The minimum absolute atomic E-state index is 0.122. The number of aromatic nitrogens is 2. The Kier molecular flexibility index (Phi) is 5.02. The van der Waals surface area contributed by atoms with E-state index in [-0.39, 0.29) is 12.0 Å². The minimum Gasteiger partial charge on any atom is -0.377 e. The molecule has 3 heterocycles. The van der Waals surface area contributed by atoms with E-state index in [9.17, 15) is 8.42 Å². The molecule has 2 aliphatic rings. The molecular weight excluding hydrogens is 368 g/mol. The molecule has 2 fully saturated rings. The minimum atomic E-state index is -3.26. The van der Waals surface area contributed by atoms with Crippen molar-refractivity contribution in [1.82, 2.24) is 19.3 Å². The normalized spacial score (nSPS) is 26.5. The Balaban J connectivity index is 1.52. The number of methoxy groups -OCH3 is 1. The quantitative estimate of drug-likeness (QED) is 0.732. The fourth-order valence-corrected chi connectivity index (χ4v) is 5.52. The van der Waals surface area contributed by atoms with Crippen LogP contribution < -0.4 is 0 Å². The van der Waals surface area contributed by atoms with Crippen LogP contribution in [-0.2, 0) is 27.9 Å². The topological polar surface area (TPSA) is 88.8 Å². The van der Waals surface area contributed by atoms with Gasteiger partial charge in [-0.2, -0.15) is 9.29 Å². The van der Waals surface area contributed by atoms with Crippen LogP contribution in [0.3, 0.4) is 0 Å². The first kappa shape index (κ1) is 18.5. The number of hydrogen-bond donors (Lipinski definition) is 0. The zero-order chi connectivity index (χ0) is 19.0. The number of benzene rings is 1. The van der Waals surface area contributed by atoms with Gasteiger partial charge < -0.3 is 9.26 Å². The van der Waals surface area contributed by atoms with E-state index in [1.165, 1.54) is 6.26 Å². The lowest BCUT2D eigenvalue weighted by molar-refractivity contribution is 0.174. The Hall–Kier alpha value is -1.81. The highest BCUT2D eigenvalue weighted by atomic mass is 32.2. The maximum Gasteiger partial charge on any atom is 0.240 e. The standard InChI is InChI=1S/C18H24N4O4S/c1-25-12-16-19-17(26-20-16)11-21-8-14-9-22(27(2,23)24)18(15(14)10-21)13-6-4-3-5-7-13/h3-7,14-15,18H,8-12H2,1-2H3/t14-,15-,18+/m1/s1. The second kappa shape index (κ2) is 7.31. The first-order valence-electron chi connectivity index (χ1n) is 9.00. The summed E-state index contributed by atoms with van der Waals surface area (Å²) >= 11 is 0. The van der Waals surface area contributed by atoms with Gasteiger partial charge in [-0.1, -0.05) is 35.5 Å². The predicted octanol–water partition coefficient (Wildman–Crippen LogP) is 1.28. The predicted molar refractivity (Wildman–Crippen MR) is 98.0 cm³/mol. The van der Waals surface area contributed by atoms with Crippen LogP contribution in [0, 0.1) is 11.8 Å². The monoisotopic (exact) mass is 392 g/mol. The van der Waals surface area contributed by atoms with Gasteiger partial charge in [0.2, 0.25) is 15.9 Å². The van der Waals surface area contributed by atoms with Gasteiger partial charge in [0.25, 0.3) is 0 Å². The first-order valence-corrected chi connectivity index (χ1v) is 10.8. The smallest absolute Gasteiger partial charge is 0.240 e. The summed E-state index contributed by atoms with van der Waals surface area (Å²) in [5, 5.41) is 3.90. The molecule has 27 heavy (non-hydrogen) atoms. The van der Waals surface area contributed by atoms with Gasteiger partial charge in [0.1, 0.15) is 6.61 Å². The Morgan fingerprint density at radius 2 is 2.00 bits per heavy atom. The van der Waals surface area contributed by atoms with Crippen LogP contribution in [0.25, 0.3) is 0 Å². The SMILES string of the molecule is COCc1noc(CN2C[C@@H]3CN(S(C)(=O)=O)[C@@H](c4ccccc4)[C@@H]3C2)n1. The van der Waals surface area contributed by atoms with Gasteiger partial charge in [-0.25, -0.2) is 8.42 Å². The van der Waals surface area contributed by atoms with E-state index in [1.807, 2.05) is 30.3 Å². The number of ether oxygens (including phenoxy) is 1. The summed E-state index contributed by atoms with van der Waals surface area (Å²) in [6.45, 7) is 3.08. The molecule has 2 aromatic rings. The molecule has 9 heteroatoms. The van der Waals surface area contributed by atoms with Crippen molar-refractivity contribution in [3.05, 3.63) is 47.6 Å². The largest absolute Gasteiger partial charge is 0.377 e. The molecular formula is C18H24N4O4S. The molecule has 0 saturated carbocycles. The molecule has 0 radical (unpaired) electrons. The molecule has 146 valence electrons. The summed E-state index contributed by atoms with van der Waals surface area (Å²) in [7, 11) is -1.67. The van der Waals surface area contributed by atoms with Crippen LogP contribution >= 0.6 is 0 Å². The van der Waals surface area contributed by atoms with E-state index in [2.05, 4.69) is 15.0 Å². The molecule has 0 N–H and O–H groups in total. The Morgan fingerprint density at radius 1 is 1.22 bits per heavy atom. The third kappa shape index (κ3) is 3.77. The Labute approximate surface area is 159 Å². The Bertz CT molecular complexity index is 886. The summed E-state index contributed by atoms with van der Waals surface area (Å²) < 4.78 is 36.7. The van der Waals surface area contributed by atoms with E-state index in [1.54, 1.807) is 11.4 Å². The van der Waals surface area contributed by atoms with Crippen LogP contribution in [0.15, 0.2) is 34.9 Å². The van der Waals surface area contributed by atoms with Crippen LogP contribution in [0.4, 0.5) is 0 Å². The average molecular weight is 392 g/mol. The number of fused-ring (bicyclic) bond motifs is 1. The van der Waals surface area contributed by atoms with Gasteiger partial charge in [-0.15, -0.1) is 0 Å². The fraction of sp³-hybridized carbons (Fsp3) is 0.556. The highest BCUT2D eigenvalue weighted by Gasteiger charge is 2.50. The van der Waals surface area contributed by atoms with Crippen molar-refractivity contribution in [2.75, 3.05) is 33.0 Å². The number of sulfonamides is 1. The van der Waals surface area contributed by atoms with Crippen LogP contribution in [-0.4, -0.2) is 60.8 Å². The molecule has 3 atom stereocenters. The van der Waals surface area contributed by atoms with E-state index < -0.39 is 10.0 Å². The summed E-state index contributed by atoms with van der Waals surface area (Å²) in [5.41, 5.74) is 1.05. The third-order valence-corrected chi connectivity index (χ3v) is 6.64. The van der Waals surface area contributed by atoms with Crippen LogP contribution in [0.5, 0.6) is 0 Å². The summed E-state index contributed by atoms with van der Waals surface area (Å²) in [6, 6.07) is 9.79. The molecule has 0 unspecified atom stereocenters. The third-order valence-electron chi connectivity index (χ3n) is 5.41. The van der Waals surface area contributed by atoms with Crippen molar-refractivity contribution in [3.8, 4) is 0 Å². The maximum absolute atomic E-state index is 12.4. The average Bonchev–Trinajstić information content (AvgIpc) is 3.30. The van der Waals surface area contributed by atoms with E-state index in [4.69, 9.17) is 9.26 Å². The second-order valence-electron chi connectivity index (χ2n) is 7.34.